The summed E-state index contributed by atoms with van der Waals surface area (Å²) in [4.78, 5) is 16.4. The number of halogens is 1. The molecule has 2 rings (SSSR count). The molecule has 0 radical (unpaired) electrons. The second kappa shape index (κ2) is 7.38. The van der Waals surface area contributed by atoms with Crippen LogP contribution in [0.2, 0.25) is 0 Å². The number of carbonyl (C=O) groups is 1. The minimum atomic E-state index is 0.596. The van der Waals surface area contributed by atoms with Gasteiger partial charge in [-0.2, -0.15) is 0 Å². The molecule has 0 atom stereocenters. The highest BCUT2D eigenvalue weighted by Crippen LogP contribution is 2.20. The van der Waals surface area contributed by atoms with E-state index < -0.39 is 0 Å². The van der Waals surface area contributed by atoms with Crippen LogP contribution in [0.5, 0.6) is 0 Å². The molecule has 1 aromatic heterocycles. The zero-order valence-electron chi connectivity index (χ0n) is 12.1. The summed E-state index contributed by atoms with van der Waals surface area (Å²) in [5.41, 5.74) is 2.21. The van der Waals surface area contributed by atoms with Gasteiger partial charge in [-0.05, 0) is 40.6 Å². The van der Waals surface area contributed by atoms with Crippen molar-refractivity contribution in [1.82, 2.24) is 15.2 Å². The summed E-state index contributed by atoms with van der Waals surface area (Å²) in [5, 5.41) is 6.48. The van der Waals surface area contributed by atoms with Gasteiger partial charge in [-0.3, -0.25) is 4.79 Å². The number of nitrogens with one attached hydrogen (secondary N) is 2. The smallest absolute Gasteiger partial charge is 0.213 e. The first-order valence-corrected chi connectivity index (χ1v) is 7.54. The van der Waals surface area contributed by atoms with Gasteiger partial charge in [0, 0.05) is 48.6 Å². The number of amides is 1. The molecule has 1 fully saturated rings. The van der Waals surface area contributed by atoms with E-state index in [2.05, 4.69) is 37.6 Å². The van der Waals surface area contributed by atoms with Crippen LogP contribution in [0.4, 0.5) is 5.82 Å². The first-order valence-electron chi connectivity index (χ1n) is 6.75. The van der Waals surface area contributed by atoms with E-state index in [1.807, 2.05) is 25.3 Å². The van der Waals surface area contributed by atoms with Crippen LogP contribution in [-0.2, 0) is 4.79 Å². The van der Waals surface area contributed by atoms with Gasteiger partial charge in [-0.1, -0.05) is 6.07 Å². The van der Waals surface area contributed by atoms with Crippen molar-refractivity contribution < 1.29 is 4.79 Å². The zero-order valence-corrected chi connectivity index (χ0v) is 13.7. The number of hydrogen-bond donors (Lipinski definition) is 2. The molecule has 112 valence electrons. The molecule has 1 aliphatic heterocycles. The lowest BCUT2D eigenvalue weighted by molar-refractivity contribution is -0.115. The van der Waals surface area contributed by atoms with Crippen LogP contribution in [0.25, 0.3) is 0 Å². The highest BCUT2D eigenvalue weighted by molar-refractivity contribution is 9.11. The maximum absolute atomic E-state index is 10.5. The Morgan fingerprint density at radius 2 is 2.29 bits per heavy atom. The summed E-state index contributed by atoms with van der Waals surface area (Å²) in [6, 6.07) is 4.10. The van der Waals surface area contributed by atoms with Gasteiger partial charge in [0.2, 0.25) is 6.41 Å². The van der Waals surface area contributed by atoms with Crippen molar-refractivity contribution >= 4 is 28.2 Å². The van der Waals surface area contributed by atoms with E-state index in [4.69, 9.17) is 0 Å². The number of hydrogen-bond acceptors (Lipinski definition) is 4. The number of rotatable bonds is 6. The summed E-state index contributed by atoms with van der Waals surface area (Å²) in [6.07, 6.45) is 6.25. The Kier molecular flexibility index (Phi) is 5.52. The van der Waals surface area contributed by atoms with Crippen LogP contribution in [0.1, 0.15) is 18.4 Å². The molecule has 1 saturated heterocycles. The molecule has 0 spiro atoms. The number of allylic oxidation sites excluding steroid dienone is 3. The van der Waals surface area contributed by atoms with Crippen molar-refractivity contribution in [2.45, 2.75) is 12.8 Å². The quantitative estimate of drug-likeness (QED) is 0.611. The van der Waals surface area contributed by atoms with Crippen LogP contribution in [0.15, 0.2) is 40.8 Å². The van der Waals surface area contributed by atoms with Gasteiger partial charge in [0.1, 0.15) is 5.82 Å². The minimum absolute atomic E-state index is 0.596. The highest BCUT2D eigenvalue weighted by atomic mass is 79.9. The van der Waals surface area contributed by atoms with Gasteiger partial charge in [0.15, 0.2) is 0 Å². The molecule has 0 aromatic carbocycles. The molecular formula is C15H19BrN4O. The lowest BCUT2D eigenvalue weighted by Crippen LogP contribution is -2.39. The summed E-state index contributed by atoms with van der Waals surface area (Å²) >= 11 is 3.40. The molecule has 2 N–H and O–H groups in total. The first kappa shape index (κ1) is 15.7. The zero-order chi connectivity index (χ0) is 15.2. The Morgan fingerprint density at radius 3 is 2.81 bits per heavy atom. The van der Waals surface area contributed by atoms with E-state index in [1.54, 1.807) is 13.2 Å². The molecule has 0 bridgehead atoms. The maximum Gasteiger partial charge on any atom is 0.213 e. The number of anilines is 1. The van der Waals surface area contributed by atoms with Crippen molar-refractivity contribution in [1.29, 1.82) is 0 Å². The molecule has 0 unspecified atom stereocenters. The second-order valence-corrected chi connectivity index (χ2v) is 5.98. The van der Waals surface area contributed by atoms with Crippen molar-refractivity contribution in [3.63, 3.8) is 0 Å². The summed E-state index contributed by atoms with van der Waals surface area (Å²) in [6.45, 7) is 4.02. The molecule has 0 aliphatic carbocycles. The van der Waals surface area contributed by atoms with E-state index in [9.17, 15) is 4.79 Å². The standard InChI is InChI=1S/C15H19BrN4O/c1-11(5-14(16)9-20(2)10-21)19-15-4-3-12(8-18-15)13-6-17-7-13/h3-5,8-10,13,17H,6-7H2,1-2H3,(H,18,19)/b11-5+,14-9+. The van der Waals surface area contributed by atoms with Crippen LogP contribution in [0, 0.1) is 0 Å². The molecule has 21 heavy (non-hydrogen) atoms. The number of aromatic nitrogens is 1. The Morgan fingerprint density at radius 1 is 1.52 bits per heavy atom. The largest absolute Gasteiger partial charge is 0.344 e. The van der Waals surface area contributed by atoms with Gasteiger partial charge in [-0.25, -0.2) is 4.98 Å². The fourth-order valence-electron chi connectivity index (χ4n) is 1.95. The summed E-state index contributed by atoms with van der Waals surface area (Å²) in [5.74, 6) is 1.41. The average molecular weight is 351 g/mol. The van der Waals surface area contributed by atoms with Crippen molar-refractivity contribution in [3.05, 3.63) is 46.3 Å². The SMILES string of the molecule is C/C(=C\C(Br)=C/N(C)C=O)Nc1ccc(C2CNC2)cn1. The monoisotopic (exact) mass is 350 g/mol. The van der Waals surface area contributed by atoms with Crippen molar-refractivity contribution in [2.75, 3.05) is 25.5 Å². The molecule has 1 aliphatic rings. The van der Waals surface area contributed by atoms with E-state index in [-0.39, 0.29) is 0 Å². The molecule has 1 aromatic rings. The van der Waals surface area contributed by atoms with Gasteiger partial charge in [-0.15, -0.1) is 0 Å². The topological polar surface area (TPSA) is 57.3 Å². The Bertz CT molecular complexity index is 549. The van der Waals surface area contributed by atoms with E-state index in [0.717, 1.165) is 35.5 Å². The lowest BCUT2D eigenvalue weighted by atomic mass is 9.95. The van der Waals surface area contributed by atoms with Gasteiger partial charge in [0.25, 0.3) is 0 Å². The van der Waals surface area contributed by atoms with E-state index in [0.29, 0.717) is 5.92 Å². The third-order valence-electron chi connectivity index (χ3n) is 3.21. The van der Waals surface area contributed by atoms with Crippen LogP contribution in [-0.4, -0.2) is 36.4 Å². The third-order valence-corrected chi connectivity index (χ3v) is 3.65. The molecule has 0 saturated carbocycles. The predicted molar refractivity (Wildman–Crippen MR) is 88.1 cm³/mol. The van der Waals surface area contributed by atoms with Gasteiger partial charge < -0.3 is 15.5 Å². The number of carbonyl (C=O) groups excluding carboxylic acids is 1. The van der Waals surface area contributed by atoms with Crippen LogP contribution in [0.3, 0.4) is 0 Å². The average Bonchev–Trinajstić information content (AvgIpc) is 2.38. The van der Waals surface area contributed by atoms with Crippen LogP contribution >= 0.6 is 15.9 Å². The molecule has 5 nitrogen and oxygen atoms in total. The number of pyridine rings is 1. The highest BCUT2D eigenvalue weighted by Gasteiger charge is 2.18. The fraction of sp³-hybridized carbons (Fsp3) is 0.333. The molecule has 6 heteroatoms. The molecule has 1 amide bonds. The molecular weight excluding hydrogens is 332 g/mol. The Balaban J connectivity index is 1.96. The van der Waals surface area contributed by atoms with Gasteiger partial charge in [0.05, 0.1) is 0 Å². The molecule has 2 heterocycles. The van der Waals surface area contributed by atoms with Crippen molar-refractivity contribution in [3.8, 4) is 0 Å². The maximum atomic E-state index is 10.5. The Labute approximate surface area is 133 Å². The first-order chi connectivity index (χ1) is 10.1. The summed E-state index contributed by atoms with van der Waals surface area (Å²) < 4.78 is 0.805. The Hall–Kier alpha value is -1.66. The minimum Gasteiger partial charge on any atom is -0.344 e. The normalized spacial score (nSPS) is 16.3. The van der Waals surface area contributed by atoms with E-state index in [1.165, 1.54) is 10.5 Å². The lowest BCUT2D eigenvalue weighted by Gasteiger charge is -2.27. The predicted octanol–water partition coefficient (Wildman–Crippen LogP) is 2.41. The fourth-order valence-corrected chi connectivity index (χ4v) is 2.62. The summed E-state index contributed by atoms with van der Waals surface area (Å²) in [7, 11) is 1.68. The second-order valence-electron chi connectivity index (χ2n) is 5.07. The van der Waals surface area contributed by atoms with Crippen molar-refractivity contribution in [2.24, 2.45) is 0 Å². The van der Waals surface area contributed by atoms with Crippen LogP contribution < -0.4 is 10.6 Å². The van der Waals surface area contributed by atoms with E-state index >= 15 is 0 Å². The third kappa shape index (κ3) is 4.68. The van der Waals surface area contributed by atoms with Gasteiger partial charge >= 0.3 is 0 Å². The number of nitrogens with zero attached hydrogens (tertiary/aromatic N) is 2.